The standard InChI is InChI=1S/C22H27N3O5S/c1-30-15-7-12-23-22(27)19-10-2-3-11-20(19)24-21(26)17-8-6-9-18(16-17)31(28,29)25-13-4-5-14-25/h2-3,6,8-11,16H,4-5,7,12-15H2,1H3,(H,23,27)(H,24,26). The van der Waals surface area contributed by atoms with Crippen LogP contribution in [-0.2, 0) is 14.8 Å². The second-order valence-corrected chi connectivity index (χ2v) is 9.18. The monoisotopic (exact) mass is 445 g/mol. The molecule has 0 atom stereocenters. The molecule has 31 heavy (non-hydrogen) atoms. The van der Waals surface area contributed by atoms with E-state index in [9.17, 15) is 18.0 Å². The van der Waals surface area contributed by atoms with Crippen molar-refractivity contribution >= 4 is 27.5 Å². The minimum absolute atomic E-state index is 0.0891. The van der Waals surface area contributed by atoms with Gasteiger partial charge in [-0.1, -0.05) is 18.2 Å². The van der Waals surface area contributed by atoms with Crippen LogP contribution >= 0.6 is 0 Å². The van der Waals surface area contributed by atoms with E-state index >= 15 is 0 Å². The number of nitrogens with zero attached hydrogens (tertiary/aromatic N) is 1. The normalized spacial score (nSPS) is 14.4. The lowest BCUT2D eigenvalue weighted by atomic mass is 10.1. The maximum atomic E-state index is 12.8. The van der Waals surface area contributed by atoms with Crippen LogP contribution in [-0.4, -0.2) is 57.9 Å². The molecule has 1 fully saturated rings. The van der Waals surface area contributed by atoms with Crippen molar-refractivity contribution in [3.63, 3.8) is 0 Å². The van der Waals surface area contributed by atoms with Crippen LogP contribution in [0.15, 0.2) is 53.4 Å². The summed E-state index contributed by atoms with van der Waals surface area (Å²) in [6.07, 6.45) is 2.35. The summed E-state index contributed by atoms with van der Waals surface area (Å²) >= 11 is 0. The highest BCUT2D eigenvalue weighted by Gasteiger charge is 2.27. The van der Waals surface area contributed by atoms with E-state index in [4.69, 9.17) is 4.74 Å². The first-order valence-corrected chi connectivity index (χ1v) is 11.6. The van der Waals surface area contributed by atoms with Crippen molar-refractivity contribution in [2.24, 2.45) is 0 Å². The molecule has 1 saturated heterocycles. The molecule has 9 heteroatoms. The number of methoxy groups -OCH3 is 1. The fraction of sp³-hybridized carbons (Fsp3) is 0.364. The summed E-state index contributed by atoms with van der Waals surface area (Å²) in [6.45, 7) is 1.97. The second-order valence-electron chi connectivity index (χ2n) is 7.24. The van der Waals surface area contributed by atoms with E-state index in [2.05, 4.69) is 10.6 Å². The molecule has 3 rings (SSSR count). The summed E-state index contributed by atoms with van der Waals surface area (Å²) in [5.74, 6) is -0.796. The van der Waals surface area contributed by atoms with Gasteiger partial charge in [-0.05, 0) is 49.6 Å². The summed E-state index contributed by atoms with van der Waals surface area (Å²) in [5.41, 5.74) is 0.884. The predicted molar refractivity (Wildman–Crippen MR) is 118 cm³/mol. The molecule has 2 aromatic carbocycles. The molecule has 0 aromatic heterocycles. The van der Waals surface area contributed by atoms with Crippen LogP contribution in [0.2, 0.25) is 0 Å². The van der Waals surface area contributed by atoms with Gasteiger partial charge in [-0.3, -0.25) is 9.59 Å². The zero-order valence-corrected chi connectivity index (χ0v) is 18.3. The lowest BCUT2D eigenvalue weighted by Crippen LogP contribution is -2.28. The van der Waals surface area contributed by atoms with Crippen LogP contribution in [0.1, 0.15) is 40.0 Å². The van der Waals surface area contributed by atoms with E-state index in [1.54, 1.807) is 43.5 Å². The van der Waals surface area contributed by atoms with E-state index in [0.29, 0.717) is 43.9 Å². The molecule has 1 aliphatic rings. The van der Waals surface area contributed by atoms with Gasteiger partial charge in [-0.25, -0.2) is 8.42 Å². The van der Waals surface area contributed by atoms with Gasteiger partial charge in [0.1, 0.15) is 0 Å². The Morgan fingerprint density at radius 1 is 1.03 bits per heavy atom. The van der Waals surface area contributed by atoms with Crippen molar-refractivity contribution in [1.29, 1.82) is 0 Å². The Kier molecular flexibility index (Phi) is 7.78. The Morgan fingerprint density at radius 3 is 2.52 bits per heavy atom. The molecule has 0 radical (unpaired) electrons. The van der Waals surface area contributed by atoms with Gasteiger partial charge in [-0.2, -0.15) is 4.31 Å². The average molecular weight is 446 g/mol. The number of hydrogen-bond donors (Lipinski definition) is 2. The van der Waals surface area contributed by atoms with Crippen LogP contribution in [0.3, 0.4) is 0 Å². The Bertz CT molecular complexity index is 1030. The molecule has 0 bridgehead atoms. The van der Waals surface area contributed by atoms with Crippen LogP contribution < -0.4 is 10.6 Å². The topological polar surface area (TPSA) is 105 Å². The fourth-order valence-corrected chi connectivity index (χ4v) is 4.94. The maximum absolute atomic E-state index is 12.8. The Labute approximate surface area is 182 Å². The molecule has 8 nitrogen and oxygen atoms in total. The van der Waals surface area contributed by atoms with Crippen molar-refractivity contribution in [2.45, 2.75) is 24.2 Å². The van der Waals surface area contributed by atoms with E-state index in [0.717, 1.165) is 12.8 Å². The maximum Gasteiger partial charge on any atom is 0.255 e. The first-order valence-electron chi connectivity index (χ1n) is 10.2. The Hall–Kier alpha value is -2.75. The summed E-state index contributed by atoms with van der Waals surface area (Å²) in [7, 11) is -2.03. The highest BCUT2D eigenvalue weighted by atomic mass is 32.2. The number of benzene rings is 2. The number of amides is 2. The Balaban J connectivity index is 1.74. The lowest BCUT2D eigenvalue weighted by molar-refractivity contribution is 0.0949. The predicted octanol–water partition coefficient (Wildman–Crippen LogP) is 2.49. The van der Waals surface area contributed by atoms with Crippen molar-refractivity contribution in [1.82, 2.24) is 9.62 Å². The van der Waals surface area contributed by atoms with Gasteiger partial charge >= 0.3 is 0 Å². The van der Waals surface area contributed by atoms with Crippen molar-refractivity contribution in [2.75, 3.05) is 38.7 Å². The number of anilines is 1. The van der Waals surface area contributed by atoms with Crippen LogP contribution in [0, 0.1) is 0 Å². The third-order valence-electron chi connectivity index (χ3n) is 5.03. The van der Waals surface area contributed by atoms with Gasteiger partial charge in [0.15, 0.2) is 0 Å². The molecule has 0 unspecified atom stereocenters. The third kappa shape index (κ3) is 5.69. The van der Waals surface area contributed by atoms with Crippen LogP contribution in [0.5, 0.6) is 0 Å². The number of nitrogens with one attached hydrogen (secondary N) is 2. The quantitative estimate of drug-likeness (QED) is 0.577. The van der Waals surface area contributed by atoms with E-state index in [-0.39, 0.29) is 16.4 Å². The number of sulfonamides is 1. The van der Waals surface area contributed by atoms with E-state index in [1.165, 1.54) is 16.4 Å². The minimum Gasteiger partial charge on any atom is -0.385 e. The largest absolute Gasteiger partial charge is 0.385 e. The van der Waals surface area contributed by atoms with Crippen LogP contribution in [0.4, 0.5) is 5.69 Å². The molecule has 0 spiro atoms. The molecule has 2 amide bonds. The van der Waals surface area contributed by atoms with Crippen molar-refractivity contribution in [3.05, 3.63) is 59.7 Å². The smallest absolute Gasteiger partial charge is 0.255 e. The number of hydrogen-bond acceptors (Lipinski definition) is 5. The summed E-state index contributed by atoms with van der Waals surface area (Å²) < 4.78 is 32.0. The highest BCUT2D eigenvalue weighted by Crippen LogP contribution is 2.22. The van der Waals surface area contributed by atoms with Gasteiger partial charge in [-0.15, -0.1) is 0 Å². The van der Waals surface area contributed by atoms with Gasteiger partial charge in [0, 0.05) is 38.9 Å². The van der Waals surface area contributed by atoms with Crippen molar-refractivity contribution < 1.29 is 22.7 Å². The molecule has 1 aliphatic heterocycles. The van der Waals surface area contributed by atoms with E-state index < -0.39 is 15.9 Å². The zero-order chi connectivity index (χ0) is 22.3. The van der Waals surface area contributed by atoms with Gasteiger partial charge in [0.25, 0.3) is 11.8 Å². The van der Waals surface area contributed by atoms with Crippen LogP contribution in [0.25, 0.3) is 0 Å². The number of rotatable bonds is 9. The molecule has 0 saturated carbocycles. The molecular formula is C22H27N3O5S. The number of ether oxygens (including phenoxy) is 1. The second kappa shape index (κ2) is 10.5. The molecule has 2 N–H and O–H groups in total. The number of para-hydroxylation sites is 1. The van der Waals surface area contributed by atoms with Crippen molar-refractivity contribution in [3.8, 4) is 0 Å². The highest BCUT2D eigenvalue weighted by molar-refractivity contribution is 7.89. The lowest BCUT2D eigenvalue weighted by Gasteiger charge is -2.16. The summed E-state index contributed by atoms with van der Waals surface area (Å²) in [5, 5.41) is 5.52. The fourth-order valence-electron chi connectivity index (χ4n) is 3.37. The van der Waals surface area contributed by atoms with E-state index in [1.807, 2.05) is 0 Å². The first-order chi connectivity index (χ1) is 14.9. The first kappa shape index (κ1) is 22.9. The molecule has 2 aromatic rings. The average Bonchev–Trinajstić information content (AvgIpc) is 3.33. The zero-order valence-electron chi connectivity index (χ0n) is 17.5. The molecule has 0 aliphatic carbocycles. The third-order valence-corrected chi connectivity index (χ3v) is 6.92. The number of carbonyl (C=O) groups excluding carboxylic acids is 2. The minimum atomic E-state index is -3.63. The summed E-state index contributed by atoms with van der Waals surface area (Å²) in [6, 6.07) is 12.6. The molecule has 166 valence electrons. The summed E-state index contributed by atoms with van der Waals surface area (Å²) in [4.78, 5) is 25.4. The molecule has 1 heterocycles. The van der Waals surface area contributed by atoms with Gasteiger partial charge < -0.3 is 15.4 Å². The Morgan fingerprint density at radius 2 is 1.77 bits per heavy atom. The van der Waals surface area contributed by atoms with Gasteiger partial charge in [0.2, 0.25) is 10.0 Å². The molecular weight excluding hydrogens is 418 g/mol. The van der Waals surface area contributed by atoms with Gasteiger partial charge in [0.05, 0.1) is 16.1 Å². The number of carbonyl (C=O) groups is 2. The SMILES string of the molecule is COCCCNC(=O)c1ccccc1NC(=O)c1cccc(S(=O)(=O)N2CCCC2)c1.